The Morgan fingerprint density at radius 1 is 1.41 bits per heavy atom. The third-order valence-electron chi connectivity index (χ3n) is 3.14. The van der Waals surface area contributed by atoms with E-state index in [4.69, 9.17) is 19.6 Å². The predicted molar refractivity (Wildman–Crippen MR) is 77.5 cm³/mol. The molecule has 1 amide bonds. The van der Waals surface area contributed by atoms with Crippen molar-refractivity contribution in [1.82, 2.24) is 0 Å². The van der Waals surface area contributed by atoms with Crippen molar-refractivity contribution in [2.24, 2.45) is 5.73 Å². The van der Waals surface area contributed by atoms with Crippen molar-refractivity contribution in [2.75, 3.05) is 6.61 Å². The maximum atomic E-state index is 12.4. The molecule has 0 atom stereocenters. The maximum absolute atomic E-state index is 12.4. The molecule has 112 valence electrons. The van der Waals surface area contributed by atoms with Crippen LogP contribution in [0.4, 0.5) is 0 Å². The summed E-state index contributed by atoms with van der Waals surface area (Å²) in [6.45, 7) is 1.54. The van der Waals surface area contributed by atoms with Crippen LogP contribution in [0.2, 0.25) is 0 Å². The Labute approximate surface area is 126 Å². The normalized spacial score (nSPS) is 14.8. The smallest absolute Gasteiger partial charge is 0.255 e. The van der Waals surface area contributed by atoms with E-state index < -0.39 is 5.91 Å². The van der Waals surface area contributed by atoms with Gasteiger partial charge in [0.1, 0.15) is 17.3 Å². The van der Waals surface area contributed by atoms with E-state index in [0.717, 1.165) is 0 Å². The van der Waals surface area contributed by atoms with E-state index >= 15 is 0 Å². The molecule has 6 heteroatoms. The predicted octanol–water partition coefficient (Wildman–Crippen LogP) is 2.07. The van der Waals surface area contributed by atoms with Crippen LogP contribution in [0.25, 0.3) is 6.08 Å². The minimum atomic E-state index is -0.575. The number of carbonyl (C=O) groups is 2. The topological polar surface area (TPSA) is 91.8 Å². The highest BCUT2D eigenvalue weighted by Gasteiger charge is 2.30. The number of rotatable bonds is 4. The van der Waals surface area contributed by atoms with Crippen molar-refractivity contribution in [1.29, 1.82) is 0 Å². The van der Waals surface area contributed by atoms with Crippen LogP contribution in [0, 0.1) is 6.92 Å². The molecule has 0 spiro atoms. The lowest BCUT2D eigenvalue weighted by Gasteiger charge is -2.07. The van der Waals surface area contributed by atoms with Crippen LogP contribution in [-0.2, 0) is 4.79 Å². The van der Waals surface area contributed by atoms with Gasteiger partial charge in [-0.25, -0.2) is 0 Å². The van der Waals surface area contributed by atoms with Gasteiger partial charge < -0.3 is 19.6 Å². The summed E-state index contributed by atoms with van der Waals surface area (Å²) in [5, 5.41) is 0. The van der Waals surface area contributed by atoms with Crippen LogP contribution in [0.5, 0.6) is 11.5 Å². The maximum Gasteiger partial charge on any atom is 0.255 e. The van der Waals surface area contributed by atoms with Gasteiger partial charge in [0.05, 0.1) is 11.8 Å². The molecule has 2 N–H and O–H groups in total. The Morgan fingerprint density at radius 2 is 2.23 bits per heavy atom. The van der Waals surface area contributed by atoms with Gasteiger partial charge in [0.15, 0.2) is 12.4 Å². The number of primary amides is 1. The zero-order chi connectivity index (χ0) is 15.7. The molecule has 22 heavy (non-hydrogen) atoms. The Balaban J connectivity index is 1.91. The number of hydrogen-bond donors (Lipinski definition) is 1. The number of benzene rings is 1. The Hall–Kier alpha value is -3.02. The van der Waals surface area contributed by atoms with Crippen molar-refractivity contribution in [3.63, 3.8) is 0 Å². The number of fused-ring (bicyclic) bond motifs is 1. The highest BCUT2D eigenvalue weighted by Crippen LogP contribution is 2.37. The van der Waals surface area contributed by atoms with Crippen LogP contribution in [-0.4, -0.2) is 18.3 Å². The van der Waals surface area contributed by atoms with Gasteiger partial charge in [-0.05, 0) is 30.7 Å². The lowest BCUT2D eigenvalue weighted by atomic mass is 10.0. The van der Waals surface area contributed by atoms with E-state index in [1.807, 2.05) is 0 Å². The number of aryl methyl sites for hydroxylation is 1. The van der Waals surface area contributed by atoms with Gasteiger partial charge in [-0.2, -0.15) is 0 Å². The number of ether oxygens (including phenoxy) is 2. The average molecular weight is 299 g/mol. The lowest BCUT2D eigenvalue weighted by Crippen LogP contribution is -2.20. The fourth-order valence-electron chi connectivity index (χ4n) is 2.22. The zero-order valence-electron chi connectivity index (χ0n) is 11.8. The molecule has 1 aromatic heterocycles. The minimum Gasteiger partial charge on any atom is -0.484 e. The summed E-state index contributed by atoms with van der Waals surface area (Å²) in [6, 6.07) is 6.67. The summed E-state index contributed by atoms with van der Waals surface area (Å²) >= 11 is 0. The van der Waals surface area contributed by atoms with Crippen molar-refractivity contribution in [2.45, 2.75) is 6.92 Å². The van der Waals surface area contributed by atoms with Crippen molar-refractivity contribution in [3.05, 3.63) is 53.2 Å². The molecular weight excluding hydrogens is 286 g/mol. The molecule has 1 aliphatic rings. The van der Waals surface area contributed by atoms with Crippen LogP contribution in [0.1, 0.15) is 21.7 Å². The molecule has 0 radical (unpaired) electrons. The molecule has 0 saturated heterocycles. The standard InChI is InChI=1S/C16H13NO5/c1-9-5-11(21-8-14(17)18)7-12-15(9)16(19)13(22-12)6-10-3-2-4-20-10/h2-7H,8H2,1H3,(H2,17,18)/b13-6-. The number of furan rings is 1. The first-order valence-corrected chi connectivity index (χ1v) is 6.58. The van der Waals surface area contributed by atoms with Crippen LogP contribution in [0.3, 0.4) is 0 Å². The van der Waals surface area contributed by atoms with Crippen molar-refractivity contribution >= 4 is 17.8 Å². The monoisotopic (exact) mass is 299 g/mol. The van der Waals surface area contributed by atoms with Gasteiger partial charge in [-0.1, -0.05) is 0 Å². The Bertz CT molecular complexity index is 774. The molecule has 1 aromatic carbocycles. The van der Waals surface area contributed by atoms with Gasteiger partial charge in [-0.3, -0.25) is 9.59 Å². The zero-order valence-corrected chi connectivity index (χ0v) is 11.8. The Kier molecular flexibility index (Phi) is 3.42. The van der Waals surface area contributed by atoms with Crippen molar-refractivity contribution < 1.29 is 23.5 Å². The Morgan fingerprint density at radius 3 is 2.91 bits per heavy atom. The van der Waals surface area contributed by atoms with E-state index in [9.17, 15) is 9.59 Å². The van der Waals surface area contributed by atoms with Crippen molar-refractivity contribution in [3.8, 4) is 11.5 Å². The number of nitrogens with two attached hydrogens (primary N) is 1. The molecular formula is C16H13NO5. The van der Waals surface area contributed by atoms with E-state index in [1.165, 1.54) is 12.3 Å². The number of hydrogen-bond acceptors (Lipinski definition) is 5. The summed E-state index contributed by atoms with van der Waals surface area (Å²) in [5.74, 6) is 0.724. The van der Waals surface area contributed by atoms with Crippen LogP contribution in [0.15, 0.2) is 40.7 Å². The molecule has 0 bridgehead atoms. The molecule has 3 rings (SSSR count). The van der Waals surface area contributed by atoms with Crippen LogP contribution < -0.4 is 15.2 Å². The second-order valence-corrected chi connectivity index (χ2v) is 4.82. The lowest BCUT2D eigenvalue weighted by molar-refractivity contribution is -0.119. The third-order valence-corrected chi connectivity index (χ3v) is 3.14. The van der Waals surface area contributed by atoms with E-state index in [0.29, 0.717) is 28.4 Å². The fourth-order valence-corrected chi connectivity index (χ4v) is 2.22. The SMILES string of the molecule is Cc1cc(OCC(N)=O)cc2c1C(=O)/C(=C/c1ccco1)O2. The molecule has 2 heterocycles. The van der Waals surface area contributed by atoms with Gasteiger partial charge in [0.2, 0.25) is 5.78 Å². The van der Waals surface area contributed by atoms with Gasteiger partial charge >= 0.3 is 0 Å². The average Bonchev–Trinajstić information content (AvgIpc) is 3.06. The molecule has 6 nitrogen and oxygen atoms in total. The first kappa shape index (κ1) is 13.9. The van der Waals surface area contributed by atoms with Gasteiger partial charge in [0.25, 0.3) is 5.91 Å². The second-order valence-electron chi connectivity index (χ2n) is 4.82. The summed E-state index contributed by atoms with van der Waals surface area (Å²) in [5.41, 5.74) is 6.22. The second kappa shape index (κ2) is 5.40. The highest BCUT2D eigenvalue weighted by atomic mass is 16.5. The highest BCUT2D eigenvalue weighted by molar-refractivity contribution is 6.15. The molecule has 1 aliphatic heterocycles. The molecule has 0 saturated carbocycles. The van der Waals surface area contributed by atoms with E-state index in [-0.39, 0.29) is 18.1 Å². The number of allylic oxidation sites excluding steroid dienone is 1. The molecule has 0 fully saturated rings. The molecule has 2 aromatic rings. The minimum absolute atomic E-state index is 0.181. The fraction of sp³-hybridized carbons (Fsp3) is 0.125. The summed E-state index contributed by atoms with van der Waals surface area (Å²) in [6.07, 6.45) is 3.05. The number of amides is 1. The third kappa shape index (κ3) is 2.58. The summed E-state index contributed by atoms with van der Waals surface area (Å²) < 4.78 is 16.0. The van der Waals surface area contributed by atoms with Crippen LogP contribution >= 0.6 is 0 Å². The number of ketones is 1. The largest absolute Gasteiger partial charge is 0.484 e. The summed E-state index contributed by atoms with van der Waals surface area (Å²) in [4.78, 5) is 23.1. The summed E-state index contributed by atoms with van der Waals surface area (Å²) in [7, 11) is 0. The molecule has 0 aliphatic carbocycles. The van der Waals surface area contributed by atoms with Gasteiger partial charge in [0, 0.05) is 12.1 Å². The van der Waals surface area contributed by atoms with E-state index in [1.54, 1.807) is 31.2 Å². The quantitative estimate of drug-likeness (QED) is 0.872. The first-order valence-electron chi connectivity index (χ1n) is 6.58. The van der Waals surface area contributed by atoms with Gasteiger partial charge in [-0.15, -0.1) is 0 Å². The number of Topliss-reactive ketones (excluding diaryl/α,β-unsaturated/α-hetero) is 1. The molecule has 0 unspecified atom stereocenters. The van der Waals surface area contributed by atoms with E-state index in [2.05, 4.69) is 0 Å². The first-order chi connectivity index (χ1) is 10.5. The number of carbonyl (C=O) groups excluding carboxylic acids is 2.